The summed E-state index contributed by atoms with van der Waals surface area (Å²) in [6.45, 7) is 2.19. The van der Waals surface area contributed by atoms with E-state index in [4.69, 9.17) is 4.74 Å². The number of ether oxygens (including phenoxy) is 1. The first-order valence-corrected chi connectivity index (χ1v) is 8.02. The zero-order valence-corrected chi connectivity index (χ0v) is 14.2. The van der Waals surface area contributed by atoms with Crippen molar-refractivity contribution in [3.05, 3.63) is 77.0 Å². The molecule has 0 radical (unpaired) electrons. The summed E-state index contributed by atoms with van der Waals surface area (Å²) in [5, 5.41) is 1.01. The summed E-state index contributed by atoms with van der Waals surface area (Å²) in [6.07, 6.45) is 2.64. The van der Waals surface area contributed by atoms with Crippen LogP contribution < -0.4 is 0 Å². The summed E-state index contributed by atoms with van der Waals surface area (Å²) in [6, 6.07) is 17.4. The van der Waals surface area contributed by atoms with E-state index in [1.807, 2.05) is 66.1 Å². The minimum absolute atomic E-state index is 0.268. The van der Waals surface area contributed by atoms with Crippen molar-refractivity contribution in [2.45, 2.75) is 13.5 Å². The third-order valence-electron chi connectivity index (χ3n) is 4.30. The maximum atomic E-state index is 12.3. The molecule has 0 spiro atoms. The Morgan fingerprint density at radius 1 is 1.08 bits per heavy atom. The summed E-state index contributed by atoms with van der Waals surface area (Å²) < 4.78 is 6.80. The maximum Gasteiger partial charge on any atom is 0.335 e. The Balaban J connectivity index is 2.12. The number of methoxy groups -OCH3 is 1. The predicted octanol–water partition coefficient (Wildman–Crippen LogP) is 4.02. The van der Waals surface area contributed by atoms with Crippen LogP contribution in [0.3, 0.4) is 0 Å². The first kappa shape index (κ1) is 16.7. The first-order chi connectivity index (χ1) is 12.2. The quantitative estimate of drug-likeness (QED) is 0.402. The van der Waals surface area contributed by atoms with Crippen LogP contribution in [0.25, 0.3) is 17.0 Å². The van der Waals surface area contributed by atoms with Crippen LogP contribution in [0.4, 0.5) is 0 Å². The van der Waals surface area contributed by atoms with E-state index in [9.17, 15) is 9.59 Å². The number of hydrogen-bond donors (Lipinski definition) is 0. The van der Waals surface area contributed by atoms with Gasteiger partial charge >= 0.3 is 5.97 Å². The van der Waals surface area contributed by atoms with Crippen molar-refractivity contribution in [2.24, 2.45) is 0 Å². The van der Waals surface area contributed by atoms with Crippen LogP contribution >= 0.6 is 0 Å². The largest absolute Gasteiger partial charge is 0.466 e. The van der Waals surface area contributed by atoms with Crippen molar-refractivity contribution >= 4 is 29.2 Å². The molecule has 0 bridgehead atoms. The SMILES string of the molecule is COC(=O)/C(=C/c1ccccc1)Cn1c(C=O)c(C)c2ccccc21. The van der Waals surface area contributed by atoms with Crippen molar-refractivity contribution < 1.29 is 14.3 Å². The zero-order valence-electron chi connectivity index (χ0n) is 14.2. The summed E-state index contributed by atoms with van der Waals surface area (Å²) >= 11 is 0. The Labute approximate surface area is 146 Å². The molecule has 4 nitrogen and oxygen atoms in total. The lowest BCUT2D eigenvalue weighted by molar-refractivity contribution is -0.136. The Hall–Kier alpha value is -3.14. The van der Waals surface area contributed by atoms with Crippen molar-refractivity contribution in [1.29, 1.82) is 0 Å². The van der Waals surface area contributed by atoms with Crippen LogP contribution in [0.5, 0.6) is 0 Å². The molecule has 3 rings (SSSR count). The molecule has 25 heavy (non-hydrogen) atoms. The van der Waals surface area contributed by atoms with Crippen molar-refractivity contribution in [3.63, 3.8) is 0 Å². The molecule has 0 amide bonds. The van der Waals surface area contributed by atoms with Gasteiger partial charge in [0.05, 0.1) is 24.9 Å². The highest BCUT2D eigenvalue weighted by atomic mass is 16.5. The molecule has 0 saturated carbocycles. The number of fused-ring (bicyclic) bond motifs is 1. The molecular formula is C21H19NO3. The number of para-hydroxylation sites is 1. The molecule has 2 aromatic carbocycles. The average molecular weight is 333 g/mol. The fourth-order valence-electron chi connectivity index (χ4n) is 3.04. The molecule has 0 unspecified atom stereocenters. The van der Waals surface area contributed by atoms with Gasteiger partial charge in [0.25, 0.3) is 0 Å². The number of aldehydes is 1. The van der Waals surface area contributed by atoms with Crippen LogP contribution in [0.2, 0.25) is 0 Å². The molecule has 0 aliphatic carbocycles. The molecule has 0 aliphatic rings. The molecule has 3 aromatic rings. The Morgan fingerprint density at radius 2 is 1.76 bits per heavy atom. The minimum Gasteiger partial charge on any atom is -0.466 e. The first-order valence-electron chi connectivity index (χ1n) is 8.02. The number of esters is 1. The molecular weight excluding hydrogens is 314 g/mol. The molecule has 0 N–H and O–H groups in total. The number of rotatable bonds is 5. The van der Waals surface area contributed by atoms with Crippen LogP contribution in [0.15, 0.2) is 60.2 Å². The van der Waals surface area contributed by atoms with Crippen LogP contribution in [-0.4, -0.2) is 23.9 Å². The predicted molar refractivity (Wildman–Crippen MR) is 98.5 cm³/mol. The van der Waals surface area contributed by atoms with Gasteiger partial charge in [0, 0.05) is 10.9 Å². The van der Waals surface area contributed by atoms with Crippen molar-refractivity contribution in [1.82, 2.24) is 4.57 Å². The number of aromatic nitrogens is 1. The Kier molecular flexibility index (Phi) is 4.80. The molecule has 126 valence electrons. The number of carbonyl (C=O) groups excluding carboxylic acids is 2. The topological polar surface area (TPSA) is 48.3 Å². The molecule has 1 aromatic heterocycles. The van der Waals surface area contributed by atoms with Gasteiger partial charge in [-0.15, -0.1) is 0 Å². The fourth-order valence-corrected chi connectivity index (χ4v) is 3.04. The van der Waals surface area contributed by atoms with E-state index in [0.29, 0.717) is 11.3 Å². The van der Waals surface area contributed by atoms with E-state index in [0.717, 1.165) is 28.3 Å². The molecule has 0 saturated heterocycles. The van der Waals surface area contributed by atoms with E-state index >= 15 is 0 Å². The normalized spacial score (nSPS) is 11.5. The van der Waals surface area contributed by atoms with Crippen LogP contribution in [0.1, 0.15) is 21.6 Å². The standard InChI is InChI=1S/C21H19NO3/c1-15-18-10-6-7-11-19(18)22(20(15)14-23)13-17(21(24)25-2)12-16-8-4-3-5-9-16/h3-12,14H,13H2,1-2H3/b17-12+. The second-order valence-electron chi connectivity index (χ2n) is 5.80. The second kappa shape index (κ2) is 7.18. The average Bonchev–Trinajstić information content (AvgIpc) is 2.93. The number of hydrogen-bond acceptors (Lipinski definition) is 3. The van der Waals surface area contributed by atoms with Gasteiger partial charge in [0.1, 0.15) is 0 Å². The smallest absolute Gasteiger partial charge is 0.335 e. The summed E-state index contributed by atoms with van der Waals surface area (Å²) in [7, 11) is 1.36. The molecule has 1 heterocycles. The molecule has 0 aliphatic heterocycles. The third kappa shape index (κ3) is 3.24. The highest BCUT2D eigenvalue weighted by molar-refractivity contribution is 5.96. The lowest BCUT2D eigenvalue weighted by Gasteiger charge is -2.11. The summed E-state index contributed by atoms with van der Waals surface area (Å²) in [4.78, 5) is 23.9. The number of nitrogens with zero attached hydrogens (tertiary/aromatic N) is 1. The zero-order chi connectivity index (χ0) is 17.8. The molecule has 0 fully saturated rings. The van der Waals surface area contributed by atoms with Crippen LogP contribution in [-0.2, 0) is 16.1 Å². The van der Waals surface area contributed by atoms with Gasteiger partial charge in [-0.05, 0) is 30.2 Å². The Bertz CT molecular complexity index is 952. The van der Waals surface area contributed by atoms with Crippen LogP contribution in [0, 0.1) is 6.92 Å². The highest BCUT2D eigenvalue weighted by Gasteiger charge is 2.17. The van der Waals surface area contributed by atoms with E-state index in [-0.39, 0.29) is 6.54 Å². The van der Waals surface area contributed by atoms with E-state index in [2.05, 4.69) is 0 Å². The van der Waals surface area contributed by atoms with Gasteiger partial charge in [-0.3, -0.25) is 4.79 Å². The number of benzene rings is 2. The summed E-state index contributed by atoms with van der Waals surface area (Å²) in [5.41, 5.74) is 3.80. The lowest BCUT2D eigenvalue weighted by atomic mass is 10.1. The molecule has 4 heteroatoms. The number of aryl methyl sites for hydroxylation is 1. The fraction of sp³-hybridized carbons (Fsp3) is 0.143. The minimum atomic E-state index is -0.406. The van der Waals surface area contributed by atoms with E-state index < -0.39 is 5.97 Å². The van der Waals surface area contributed by atoms with Crippen molar-refractivity contribution in [3.8, 4) is 0 Å². The van der Waals surface area contributed by atoms with Gasteiger partial charge in [-0.1, -0.05) is 48.5 Å². The van der Waals surface area contributed by atoms with Crippen molar-refractivity contribution in [2.75, 3.05) is 7.11 Å². The van der Waals surface area contributed by atoms with Gasteiger partial charge in [-0.25, -0.2) is 4.79 Å². The number of carbonyl (C=O) groups is 2. The van der Waals surface area contributed by atoms with Gasteiger partial charge < -0.3 is 9.30 Å². The van der Waals surface area contributed by atoms with E-state index in [1.54, 1.807) is 6.08 Å². The highest BCUT2D eigenvalue weighted by Crippen LogP contribution is 2.26. The third-order valence-corrected chi connectivity index (χ3v) is 4.30. The Morgan fingerprint density at radius 3 is 2.44 bits per heavy atom. The molecule has 0 atom stereocenters. The monoisotopic (exact) mass is 333 g/mol. The summed E-state index contributed by atoms with van der Waals surface area (Å²) in [5.74, 6) is -0.406. The van der Waals surface area contributed by atoms with Gasteiger partial charge in [-0.2, -0.15) is 0 Å². The second-order valence-corrected chi connectivity index (χ2v) is 5.80. The van der Waals surface area contributed by atoms with Gasteiger partial charge in [0.2, 0.25) is 0 Å². The lowest BCUT2D eigenvalue weighted by Crippen LogP contribution is -2.13. The van der Waals surface area contributed by atoms with Gasteiger partial charge in [0.15, 0.2) is 6.29 Å². The maximum absolute atomic E-state index is 12.3. The van der Waals surface area contributed by atoms with E-state index in [1.165, 1.54) is 7.11 Å².